The summed E-state index contributed by atoms with van der Waals surface area (Å²) in [5.41, 5.74) is -1.90. The van der Waals surface area contributed by atoms with Gasteiger partial charge in [-0.3, -0.25) is 10.6 Å². The van der Waals surface area contributed by atoms with Gasteiger partial charge >= 0.3 is 6.09 Å². The molecule has 0 saturated carbocycles. The summed E-state index contributed by atoms with van der Waals surface area (Å²) < 4.78 is 50.2. The highest BCUT2D eigenvalue weighted by atomic mass is 35.5. The van der Waals surface area contributed by atoms with Crippen LogP contribution in [0.15, 0.2) is 60.7 Å². The maximum atomic E-state index is 15.6. The van der Waals surface area contributed by atoms with Gasteiger partial charge in [0.05, 0.1) is 17.0 Å². The van der Waals surface area contributed by atoms with Gasteiger partial charge in [0.25, 0.3) is 0 Å². The van der Waals surface area contributed by atoms with Crippen molar-refractivity contribution in [2.45, 2.75) is 50.8 Å². The maximum Gasteiger partial charge on any atom is 0.413 e. The van der Waals surface area contributed by atoms with Crippen molar-refractivity contribution < 1.29 is 22.7 Å². The third-order valence-corrected chi connectivity index (χ3v) is 7.25. The van der Waals surface area contributed by atoms with Crippen LogP contribution in [-0.2, 0) is 10.2 Å². The molecule has 2 N–H and O–H groups in total. The first-order chi connectivity index (χ1) is 18.4. The van der Waals surface area contributed by atoms with Gasteiger partial charge < -0.3 is 4.74 Å². The second-order valence-electron chi connectivity index (χ2n) is 10.7. The van der Waals surface area contributed by atoms with Crippen LogP contribution < -0.4 is 10.6 Å². The first-order valence-electron chi connectivity index (χ1n) is 12.2. The van der Waals surface area contributed by atoms with Crippen LogP contribution in [0.3, 0.4) is 0 Å². The summed E-state index contributed by atoms with van der Waals surface area (Å²) in [6.45, 7) is 5.83. The predicted molar refractivity (Wildman–Crippen MR) is 144 cm³/mol. The highest BCUT2D eigenvalue weighted by Crippen LogP contribution is 2.53. The molecule has 4 rings (SSSR count). The van der Waals surface area contributed by atoms with Crippen molar-refractivity contribution in [2.75, 3.05) is 5.32 Å². The molecule has 3 aromatic carbocycles. The molecule has 1 aliphatic rings. The Morgan fingerprint density at radius 3 is 2.41 bits per heavy atom. The zero-order chi connectivity index (χ0) is 28.5. The quantitative estimate of drug-likeness (QED) is 0.324. The molecule has 204 valence electrons. The maximum absolute atomic E-state index is 15.6. The summed E-state index contributed by atoms with van der Waals surface area (Å²) in [5, 5.41) is 16.4. The first-order valence-corrected chi connectivity index (χ1v) is 12.9. The molecule has 1 saturated heterocycles. The first kappa shape index (κ1) is 28.8. The minimum atomic E-state index is -1.74. The summed E-state index contributed by atoms with van der Waals surface area (Å²) in [4.78, 5) is 13.0. The summed E-state index contributed by atoms with van der Waals surface area (Å²) in [6, 6.07) is 14.7. The van der Waals surface area contributed by atoms with E-state index in [2.05, 4.69) is 16.7 Å². The van der Waals surface area contributed by atoms with Crippen molar-refractivity contribution in [3.63, 3.8) is 0 Å². The lowest BCUT2D eigenvalue weighted by atomic mass is 9.63. The molecule has 0 radical (unpaired) electrons. The van der Waals surface area contributed by atoms with Gasteiger partial charge in [-0.25, -0.2) is 18.0 Å². The smallest absolute Gasteiger partial charge is 0.413 e. The van der Waals surface area contributed by atoms with Crippen molar-refractivity contribution in [3.8, 4) is 6.07 Å². The number of nitrogens with zero attached hydrogens (tertiary/aromatic N) is 1. The van der Waals surface area contributed by atoms with E-state index in [4.69, 9.17) is 27.9 Å². The van der Waals surface area contributed by atoms with Gasteiger partial charge in [-0.05, 0) is 59.9 Å². The summed E-state index contributed by atoms with van der Waals surface area (Å²) >= 11 is 12.1. The second kappa shape index (κ2) is 11.1. The van der Waals surface area contributed by atoms with Crippen molar-refractivity contribution in [1.82, 2.24) is 5.32 Å². The Kier molecular flexibility index (Phi) is 8.17. The third-order valence-electron chi connectivity index (χ3n) is 6.73. The average molecular weight is 576 g/mol. The summed E-state index contributed by atoms with van der Waals surface area (Å²) in [6.07, 6.45) is -1.88. The topological polar surface area (TPSA) is 74.2 Å². The number of carbonyl (C=O) groups excluding carboxylic acids is 1. The van der Waals surface area contributed by atoms with Gasteiger partial charge in [-0.2, -0.15) is 5.26 Å². The second-order valence-corrected chi connectivity index (χ2v) is 11.5. The molecule has 1 heterocycles. The Labute approximate surface area is 234 Å². The number of carbonyl (C=O) groups is 1. The fourth-order valence-corrected chi connectivity index (χ4v) is 5.51. The zero-order valence-electron chi connectivity index (χ0n) is 21.4. The zero-order valence-corrected chi connectivity index (χ0v) is 22.9. The number of benzene rings is 3. The number of amides is 1. The fourth-order valence-electron chi connectivity index (χ4n) is 5.17. The van der Waals surface area contributed by atoms with E-state index >= 15 is 8.78 Å². The number of anilines is 1. The van der Waals surface area contributed by atoms with Crippen molar-refractivity contribution in [1.29, 1.82) is 5.26 Å². The number of halogens is 5. The van der Waals surface area contributed by atoms with E-state index in [0.29, 0.717) is 6.42 Å². The van der Waals surface area contributed by atoms with Gasteiger partial charge in [-0.1, -0.05) is 62.2 Å². The molecule has 0 spiro atoms. The molecule has 1 fully saturated rings. The number of ether oxygens (including phenoxy) is 1. The largest absolute Gasteiger partial charge is 0.429 e. The monoisotopic (exact) mass is 575 g/mol. The van der Waals surface area contributed by atoms with Crippen LogP contribution in [-0.4, -0.2) is 18.4 Å². The molecule has 39 heavy (non-hydrogen) atoms. The van der Waals surface area contributed by atoms with E-state index in [9.17, 15) is 14.4 Å². The van der Waals surface area contributed by atoms with Crippen LogP contribution >= 0.6 is 23.2 Å². The number of nitriles is 1. The molecule has 3 aromatic rings. The molecule has 5 nitrogen and oxygen atoms in total. The molecule has 4 atom stereocenters. The molecule has 0 aromatic heterocycles. The number of hydrogen-bond acceptors (Lipinski definition) is 4. The summed E-state index contributed by atoms with van der Waals surface area (Å²) in [5.74, 6) is -3.28. The normalized spacial score (nSPS) is 22.8. The van der Waals surface area contributed by atoms with Crippen molar-refractivity contribution in [2.24, 2.45) is 5.41 Å². The van der Waals surface area contributed by atoms with Crippen molar-refractivity contribution >= 4 is 35.0 Å². The molecule has 0 unspecified atom stereocenters. The number of rotatable bonds is 5. The predicted octanol–water partition coefficient (Wildman–Crippen LogP) is 7.94. The molecular formula is C29H26Cl2F3N3O2. The molecule has 0 aliphatic carbocycles. The van der Waals surface area contributed by atoms with Gasteiger partial charge in [0.15, 0.2) is 6.23 Å². The lowest BCUT2D eigenvalue weighted by molar-refractivity contribution is 0.0851. The Hall–Kier alpha value is -3.25. The fraction of sp³-hybridized carbons (Fsp3) is 0.310. The highest BCUT2D eigenvalue weighted by molar-refractivity contribution is 6.31. The molecule has 1 aliphatic heterocycles. The van der Waals surface area contributed by atoms with Gasteiger partial charge in [0.2, 0.25) is 0 Å². The van der Waals surface area contributed by atoms with Gasteiger partial charge in [0, 0.05) is 22.3 Å². The van der Waals surface area contributed by atoms with Crippen LogP contribution in [0.4, 0.5) is 23.7 Å². The minimum absolute atomic E-state index is 0.0226. The van der Waals surface area contributed by atoms with Gasteiger partial charge in [-0.15, -0.1) is 0 Å². The van der Waals surface area contributed by atoms with Crippen LogP contribution in [0.1, 0.15) is 44.2 Å². The van der Waals surface area contributed by atoms with E-state index in [1.807, 2.05) is 20.8 Å². The Morgan fingerprint density at radius 2 is 1.79 bits per heavy atom. The van der Waals surface area contributed by atoms with E-state index < -0.39 is 47.1 Å². The minimum Gasteiger partial charge on any atom is -0.429 e. The number of hydrogen-bond donors (Lipinski definition) is 2. The van der Waals surface area contributed by atoms with Gasteiger partial charge in [0.1, 0.15) is 22.9 Å². The highest BCUT2D eigenvalue weighted by Gasteiger charge is 2.61. The SMILES string of the molecule is CC(C)(C)C[C@@H]1N[C@H](OC(=O)Nc2ccc(F)cc2)[C@H](c2cccc(Cl)c2F)[C@@]1(C#N)c1ccc(Cl)cc1F. The van der Waals surface area contributed by atoms with Crippen LogP contribution in [0.5, 0.6) is 0 Å². The van der Waals surface area contributed by atoms with Crippen molar-refractivity contribution in [3.05, 3.63) is 99.3 Å². The molecular weight excluding hydrogens is 550 g/mol. The lowest BCUT2D eigenvalue weighted by Gasteiger charge is -2.37. The van der Waals surface area contributed by atoms with Crippen LogP contribution in [0, 0.1) is 34.2 Å². The van der Waals surface area contributed by atoms with Crippen LogP contribution in [0.2, 0.25) is 10.0 Å². The molecule has 1 amide bonds. The standard InChI is InChI=1S/C29H26Cl2F3N3O2/c1-28(2,3)14-23-29(15-35,20-12-7-16(30)13-22(20)33)24(19-5-4-6-21(31)25(19)34)26(37-23)39-27(38)36-18-10-8-17(32)9-11-18/h4-13,23-24,26,37H,14H2,1-3H3,(H,36,38)/t23-,24-,26+,29-/m0/s1. The van der Waals surface area contributed by atoms with E-state index in [0.717, 1.165) is 18.2 Å². The molecule has 0 bridgehead atoms. The van der Waals surface area contributed by atoms with Crippen LogP contribution in [0.25, 0.3) is 0 Å². The Bertz CT molecular complexity index is 1420. The molecule has 10 heteroatoms. The summed E-state index contributed by atoms with van der Waals surface area (Å²) in [7, 11) is 0. The lowest BCUT2D eigenvalue weighted by Crippen LogP contribution is -2.44. The number of nitrogens with one attached hydrogen (secondary N) is 2. The Balaban J connectivity index is 1.88. The average Bonchev–Trinajstić information content (AvgIpc) is 3.13. The Morgan fingerprint density at radius 1 is 1.10 bits per heavy atom. The van der Waals surface area contributed by atoms with E-state index in [1.165, 1.54) is 42.5 Å². The third kappa shape index (κ3) is 5.86. The van der Waals surface area contributed by atoms with E-state index in [1.54, 1.807) is 0 Å². The van der Waals surface area contributed by atoms with E-state index in [-0.39, 0.29) is 32.3 Å².